The first-order chi connectivity index (χ1) is 13.3. The Morgan fingerprint density at radius 2 is 1.79 bits per heavy atom. The van der Waals surface area contributed by atoms with Crippen LogP contribution in [-0.2, 0) is 16.1 Å². The van der Waals surface area contributed by atoms with Crippen molar-refractivity contribution < 1.29 is 9.59 Å². The zero-order chi connectivity index (χ0) is 20.3. The van der Waals surface area contributed by atoms with Crippen molar-refractivity contribution in [2.45, 2.75) is 13.5 Å². The number of H-pyrrole nitrogens is 1. The molecule has 0 fully saturated rings. The molecule has 2 aromatic carbocycles. The van der Waals surface area contributed by atoms with Crippen LogP contribution in [-0.4, -0.2) is 28.1 Å². The van der Waals surface area contributed by atoms with Crippen molar-refractivity contribution in [3.8, 4) is 0 Å². The largest absolute Gasteiger partial charge is 0.345 e. The first-order valence-electron chi connectivity index (χ1n) is 8.39. The minimum atomic E-state index is -0.574. The molecule has 8 nitrogen and oxygen atoms in total. The van der Waals surface area contributed by atoms with Gasteiger partial charge in [0.25, 0.3) is 11.1 Å². The highest BCUT2D eigenvalue weighted by atomic mass is 79.9. The molecule has 0 spiro atoms. The molecule has 0 saturated heterocycles. The number of aromatic nitrogens is 2. The van der Waals surface area contributed by atoms with Gasteiger partial charge in [-0.25, -0.2) is 4.68 Å². The van der Waals surface area contributed by atoms with E-state index in [9.17, 15) is 19.2 Å². The second-order valence-corrected chi connectivity index (χ2v) is 7.02. The van der Waals surface area contributed by atoms with Gasteiger partial charge < -0.3 is 10.6 Å². The van der Waals surface area contributed by atoms with Gasteiger partial charge >= 0.3 is 0 Å². The van der Waals surface area contributed by atoms with Crippen LogP contribution in [0.2, 0.25) is 0 Å². The van der Waals surface area contributed by atoms with Crippen molar-refractivity contribution in [1.29, 1.82) is 0 Å². The van der Waals surface area contributed by atoms with Crippen molar-refractivity contribution in [2.24, 2.45) is 0 Å². The lowest BCUT2D eigenvalue weighted by Crippen LogP contribution is -2.39. The summed E-state index contributed by atoms with van der Waals surface area (Å²) >= 11 is 3.38. The maximum Gasteiger partial charge on any atom is 0.273 e. The van der Waals surface area contributed by atoms with Crippen molar-refractivity contribution in [1.82, 2.24) is 15.1 Å². The molecular formula is C19H17BrN4O4. The normalized spacial score (nSPS) is 10.6. The fourth-order valence-electron chi connectivity index (χ4n) is 2.66. The molecule has 0 atom stereocenters. The number of nitrogens with zero attached hydrogens (tertiary/aromatic N) is 1. The number of nitrogens with one attached hydrogen (secondary N) is 3. The Morgan fingerprint density at radius 3 is 2.50 bits per heavy atom. The van der Waals surface area contributed by atoms with Crippen LogP contribution in [0.15, 0.2) is 56.5 Å². The van der Waals surface area contributed by atoms with E-state index >= 15 is 0 Å². The summed E-state index contributed by atoms with van der Waals surface area (Å²) in [7, 11) is 0. The van der Waals surface area contributed by atoms with Gasteiger partial charge in [-0.05, 0) is 42.8 Å². The van der Waals surface area contributed by atoms with E-state index in [1.807, 2.05) is 13.0 Å². The second-order valence-electron chi connectivity index (χ2n) is 6.17. The zero-order valence-electron chi connectivity index (χ0n) is 14.9. The van der Waals surface area contributed by atoms with E-state index in [1.165, 1.54) is 12.1 Å². The van der Waals surface area contributed by atoms with Gasteiger partial charge in [0, 0.05) is 10.2 Å². The molecule has 9 heteroatoms. The molecule has 1 heterocycles. The average molecular weight is 445 g/mol. The number of amides is 2. The van der Waals surface area contributed by atoms with Crippen LogP contribution in [0.25, 0.3) is 10.8 Å². The third kappa shape index (κ3) is 4.37. The summed E-state index contributed by atoms with van der Waals surface area (Å²) in [4.78, 5) is 48.5. The number of hydrogen-bond acceptors (Lipinski definition) is 4. The van der Waals surface area contributed by atoms with Gasteiger partial charge in [0.15, 0.2) is 0 Å². The Balaban J connectivity index is 1.63. The van der Waals surface area contributed by atoms with Gasteiger partial charge in [-0.3, -0.25) is 24.3 Å². The van der Waals surface area contributed by atoms with E-state index in [-0.39, 0.29) is 17.3 Å². The first kappa shape index (κ1) is 19.6. The van der Waals surface area contributed by atoms with E-state index in [0.29, 0.717) is 5.69 Å². The van der Waals surface area contributed by atoms with Crippen molar-refractivity contribution in [3.05, 3.63) is 73.2 Å². The zero-order valence-corrected chi connectivity index (χ0v) is 16.5. The van der Waals surface area contributed by atoms with E-state index in [2.05, 4.69) is 31.7 Å². The van der Waals surface area contributed by atoms with Gasteiger partial charge in [0.2, 0.25) is 11.8 Å². The van der Waals surface area contributed by atoms with Gasteiger partial charge in [0.05, 0.1) is 17.3 Å². The number of aryl methyl sites for hydroxylation is 1. The number of fused-ring (bicyclic) bond motifs is 1. The maximum absolute atomic E-state index is 12.4. The molecule has 3 N–H and O–H groups in total. The number of aromatic amines is 1. The molecule has 0 radical (unpaired) electrons. The van der Waals surface area contributed by atoms with Crippen LogP contribution < -0.4 is 21.8 Å². The van der Waals surface area contributed by atoms with Crippen LogP contribution in [0.1, 0.15) is 5.56 Å². The number of carbonyl (C=O) groups excluding carboxylic acids is 2. The highest BCUT2D eigenvalue weighted by Gasteiger charge is 2.11. The first-order valence-corrected chi connectivity index (χ1v) is 9.19. The molecule has 28 heavy (non-hydrogen) atoms. The van der Waals surface area contributed by atoms with E-state index in [1.54, 1.807) is 24.3 Å². The van der Waals surface area contributed by atoms with Crippen molar-refractivity contribution in [3.63, 3.8) is 0 Å². The Hall–Kier alpha value is -3.20. The van der Waals surface area contributed by atoms with Crippen LogP contribution in [0.5, 0.6) is 0 Å². The second kappa shape index (κ2) is 8.22. The van der Waals surface area contributed by atoms with Gasteiger partial charge in [-0.1, -0.05) is 28.1 Å². The third-order valence-corrected chi connectivity index (χ3v) is 4.96. The predicted octanol–water partition coefficient (Wildman–Crippen LogP) is 1.52. The van der Waals surface area contributed by atoms with E-state index in [4.69, 9.17) is 0 Å². The summed E-state index contributed by atoms with van der Waals surface area (Å²) in [5.41, 5.74) is 0.614. The topological polar surface area (TPSA) is 113 Å². The monoisotopic (exact) mass is 444 g/mol. The fraction of sp³-hybridized carbons (Fsp3) is 0.158. The number of halogens is 1. The third-order valence-electron chi connectivity index (χ3n) is 4.07. The molecule has 0 unspecified atom stereocenters. The standard InChI is InChI=1S/C19H17BrN4O4/c1-11-8-12(6-7-15(11)20)22-16(25)9-21-17(26)10-24-19(28)14-5-3-2-4-13(14)18(27)23-24/h2-8H,9-10H2,1H3,(H,21,26)(H,22,25)(H,23,27). The van der Waals surface area contributed by atoms with Gasteiger partial charge in [-0.2, -0.15) is 0 Å². The molecule has 0 aliphatic heterocycles. The summed E-state index contributed by atoms with van der Waals surface area (Å²) in [6.45, 7) is 1.23. The fourth-order valence-corrected chi connectivity index (χ4v) is 2.91. The Bertz CT molecular complexity index is 1180. The minimum absolute atomic E-state index is 0.224. The molecule has 1 aromatic heterocycles. The summed E-state index contributed by atoms with van der Waals surface area (Å²) in [6.07, 6.45) is 0. The van der Waals surface area contributed by atoms with Crippen LogP contribution >= 0.6 is 15.9 Å². The lowest BCUT2D eigenvalue weighted by Gasteiger charge is -2.09. The summed E-state index contributed by atoms with van der Waals surface area (Å²) in [6, 6.07) is 11.7. The molecule has 0 bridgehead atoms. The average Bonchev–Trinajstić information content (AvgIpc) is 2.67. The van der Waals surface area contributed by atoms with Crippen molar-refractivity contribution >= 4 is 44.2 Å². The van der Waals surface area contributed by atoms with Crippen LogP contribution in [0.3, 0.4) is 0 Å². The number of benzene rings is 2. The van der Waals surface area contributed by atoms with Crippen molar-refractivity contribution in [2.75, 3.05) is 11.9 Å². The Kier molecular flexibility index (Phi) is 5.74. The Morgan fingerprint density at radius 1 is 1.07 bits per heavy atom. The molecule has 0 aliphatic carbocycles. The van der Waals surface area contributed by atoms with Gasteiger partial charge in [-0.15, -0.1) is 0 Å². The smallest absolute Gasteiger partial charge is 0.273 e. The SMILES string of the molecule is Cc1cc(NC(=O)CNC(=O)Cn2[nH]c(=O)c3ccccc3c2=O)ccc1Br. The number of anilines is 1. The molecule has 2 amide bonds. The van der Waals surface area contributed by atoms with E-state index in [0.717, 1.165) is 14.7 Å². The number of carbonyl (C=O) groups is 2. The summed E-state index contributed by atoms with van der Waals surface area (Å²) in [5.74, 6) is -0.982. The maximum atomic E-state index is 12.4. The molecule has 3 aromatic rings. The summed E-state index contributed by atoms with van der Waals surface area (Å²) in [5, 5.41) is 7.96. The van der Waals surface area contributed by atoms with Crippen LogP contribution in [0, 0.1) is 6.92 Å². The van der Waals surface area contributed by atoms with E-state index < -0.39 is 29.5 Å². The molecule has 0 aliphatic rings. The lowest BCUT2D eigenvalue weighted by molar-refractivity contribution is -0.124. The molecule has 3 rings (SSSR count). The quantitative estimate of drug-likeness (QED) is 0.553. The number of hydrogen-bond donors (Lipinski definition) is 3. The van der Waals surface area contributed by atoms with Crippen LogP contribution in [0.4, 0.5) is 5.69 Å². The highest BCUT2D eigenvalue weighted by Crippen LogP contribution is 2.19. The highest BCUT2D eigenvalue weighted by molar-refractivity contribution is 9.10. The lowest BCUT2D eigenvalue weighted by atomic mass is 10.2. The Labute approximate surface area is 167 Å². The number of rotatable bonds is 5. The predicted molar refractivity (Wildman–Crippen MR) is 109 cm³/mol. The minimum Gasteiger partial charge on any atom is -0.345 e. The molecular weight excluding hydrogens is 428 g/mol. The molecule has 144 valence electrons. The molecule has 0 saturated carbocycles. The van der Waals surface area contributed by atoms with Gasteiger partial charge in [0.1, 0.15) is 6.54 Å². The summed E-state index contributed by atoms with van der Waals surface area (Å²) < 4.78 is 1.85.